The van der Waals surface area contributed by atoms with Crippen molar-refractivity contribution in [2.75, 3.05) is 31.2 Å². The first kappa shape index (κ1) is 24.1. The standard InChI is InChI=1S/C25H25N3O6S/c1-18-6-8-20(9-7-18)28(35(30,31)22-12-10-21(32-2)11-13-22)17-24(29)27-26-16-19-4-3-5-23-25(19)34-15-14-33-23/h3-13,16H,14-15,17H2,1-2H3,(H,27,29)/b26-16-. The lowest BCUT2D eigenvalue weighted by Crippen LogP contribution is -2.39. The zero-order chi connectivity index (χ0) is 24.8. The van der Waals surface area contributed by atoms with Crippen molar-refractivity contribution in [3.05, 3.63) is 77.9 Å². The number of para-hydroxylation sites is 1. The number of sulfonamides is 1. The quantitative estimate of drug-likeness (QED) is 0.380. The van der Waals surface area contributed by atoms with Crippen molar-refractivity contribution in [3.8, 4) is 17.2 Å². The molecule has 9 nitrogen and oxygen atoms in total. The smallest absolute Gasteiger partial charge is 0.264 e. The Kier molecular flexibility index (Phi) is 7.21. The summed E-state index contributed by atoms with van der Waals surface area (Å²) in [5.74, 6) is 1.05. The Labute approximate surface area is 204 Å². The number of hydrogen-bond donors (Lipinski definition) is 1. The van der Waals surface area contributed by atoms with E-state index < -0.39 is 22.5 Å². The van der Waals surface area contributed by atoms with E-state index in [2.05, 4.69) is 10.5 Å². The largest absolute Gasteiger partial charge is 0.497 e. The van der Waals surface area contributed by atoms with E-state index in [4.69, 9.17) is 14.2 Å². The van der Waals surface area contributed by atoms with E-state index in [-0.39, 0.29) is 4.90 Å². The average molecular weight is 496 g/mol. The van der Waals surface area contributed by atoms with Crippen LogP contribution >= 0.6 is 0 Å². The molecule has 0 aromatic heterocycles. The summed E-state index contributed by atoms with van der Waals surface area (Å²) in [6.45, 7) is 2.30. The maximum absolute atomic E-state index is 13.4. The zero-order valence-corrected chi connectivity index (χ0v) is 20.1. The number of fused-ring (bicyclic) bond motifs is 1. The van der Waals surface area contributed by atoms with Gasteiger partial charge in [0.2, 0.25) is 0 Å². The van der Waals surface area contributed by atoms with Crippen LogP contribution in [0.25, 0.3) is 0 Å². The van der Waals surface area contributed by atoms with Crippen molar-refractivity contribution >= 4 is 27.8 Å². The molecule has 0 unspecified atom stereocenters. The topological polar surface area (TPSA) is 107 Å². The van der Waals surface area contributed by atoms with Crippen LogP contribution in [-0.2, 0) is 14.8 Å². The summed E-state index contributed by atoms with van der Waals surface area (Å²) >= 11 is 0. The van der Waals surface area contributed by atoms with E-state index in [9.17, 15) is 13.2 Å². The van der Waals surface area contributed by atoms with Gasteiger partial charge in [-0.15, -0.1) is 0 Å². The highest BCUT2D eigenvalue weighted by Gasteiger charge is 2.27. The number of hydrogen-bond acceptors (Lipinski definition) is 7. The number of rotatable bonds is 8. The molecule has 0 saturated carbocycles. The molecule has 1 heterocycles. The molecular weight excluding hydrogens is 470 g/mol. The van der Waals surface area contributed by atoms with E-state index in [1.807, 2.05) is 6.92 Å². The first-order valence-corrected chi connectivity index (χ1v) is 12.3. The number of benzene rings is 3. The number of carbonyl (C=O) groups excluding carboxylic acids is 1. The minimum atomic E-state index is -4.05. The molecule has 0 atom stereocenters. The molecule has 10 heteroatoms. The molecule has 0 saturated heterocycles. The number of amides is 1. The van der Waals surface area contributed by atoms with Crippen LogP contribution in [0.2, 0.25) is 0 Å². The van der Waals surface area contributed by atoms with Gasteiger partial charge in [0.05, 0.1) is 23.9 Å². The molecule has 1 N–H and O–H groups in total. The highest BCUT2D eigenvalue weighted by atomic mass is 32.2. The van der Waals surface area contributed by atoms with Gasteiger partial charge in [0.1, 0.15) is 25.5 Å². The second-order valence-electron chi connectivity index (χ2n) is 7.69. The van der Waals surface area contributed by atoms with Crippen LogP contribution in [0.5, 0.6) is 17.2 Å². The van der Waals surface area contributed by atoms with E-state index in [0.717, 1.165) is 9.87 Å². The van der Waals surface area contributed by atoms with Gasteiger partial charge < -0.3 is 14.2 Å². The molecule has 4 rings (SSSR count). The highest BCUT2D eigenvalue weighted by molar-refractivity contribution is 7.92. The van der Waals surface area contributed by atoms with Gasteiger partial charge in [-0.2, -0.15) is 5.10 Å². The zero-order valence-electron chi connectivity index (χ0n) is 19.3. The first-order valence-electron chi connectivity index (χ1n) is 10.8. The molecule has 0 spiro atoms. The molecule has 35 heavy (non-hydrogen) atoms. The van der Waals surface area contributed by atoms with Gasteiger partial charge in [0.25, 0.3) is 15.9 Å². The van der Waals surface area contributed by atoms with E-state index in [1.54, 1.807) is 54.6 Å². The van der Waals surface area contributed by atoms with Crippen molar-refractivity contribution in [2.45, 2.75) is 11.8 Å². The summed E-state index contributed by atoms with van der Waals surface area (Å²) in [5.41, 5.74) is 4.34. The van der Waals surface area contributed by atoms with Crippen molar-refractivity contribution in [1.29, 1.82) is 0 Å². The Morgan fingerprint density at radius 3 is 2.49 bits per heavy atom. The third-order valence-corrected chi connectivity index (χ3v) is 7.03. The molecule has 1 amide bonds. The van der Waals surface area contributed by atoms with E-state index in [0.29, 0.717) is 41.7 Å². The number of methoxy groups -OCH3 is 1. The number of carbonyl (C=O) groups is 1. The van der Waals surface area contributed by atoms with Crippen molar-refractivity contribution in [3.63, 3.8) is 0 Å². The Hall–Kier alpha value is -4.05. The second kappa shape index (κ2) is 10.5. The lowest BCUT2D eigenvalue weighted by Gasteiger charge is -2.24. The fourth-order valence-electron chi connectivity index (χ4n) is 3.44. The fourth-order valence-corrected chi connectivity index (χ4v) is 4.86. The molecule has 1 aliphatic rings. The van der Waals surface area contributed by atoms with Crippen LogP contribution in [0, 0.1) is 6.92 Å². The number of aryl methyl sites for hydroxylation is 1. The number of anilines is 1. The van der Waals surface area contributed by atoms with Gasteiger partial charge in [0.15, 0.2) is 11.5 Å². The molecule has 182 valence electrons. The monoisotopic (exact) mass is 495 g/mol. The Morgan fingerprint density at radius 2 is 1.77 bits per heavy atom. The molecule has 0 bridgehead atoms. The molecule has 1 aliphatic heterocycles. The lowest BCUT2D eigenvalue weighted by atomic mass is 10.2. The van der Waals surface area contributed by atoms with Crippen LogP contribution in [-0.4, -0.2) is 47.4 Å². The van der Waals surface area contributed by atoms with E-state index >= 15 is 0 Å². The molecule has 3 aromatic rings. The number of ether oxygens (including phenoxy) is 3. The van der Waals surface area contributed by atoms with Crippen LogP contribution in [0.1, 0.15) is 11.1 Å². The number of hydrazone groups is 1. The predicted octanol–water partition coefficient (Wildman–Crippen LogP) is 3.12. The van der Waals surface area contributed by atoms with Gasteiger partial charge in [-0.25, -0.2) is 13.8 Å². The summed E-state index contributed by atoms with van der Waals surface area (Å²) in [6, 6.07) is 18.2. The third kappa shape index (κ3) is 5.55. The van der Waals surface area contributed by atoms with Gasteiger partial charge in [-0.3, -0.25) is 9.10 Å². The summed E-state index contributed by atoms with van der Waals surface area (Å²) in [4.78, 5) is 12.8. The van der Waals surface area contributed by atoms with E-state index in [1.165, 1.54) is 25.5 Å². The second-order valence-corrected chi connectivity index (χ2v) is 9.55. The van der Waals surface area contributed by atoms with Crippen LogP contribution in [0.4, 0.5) is 5.69 Å². The maximum atomic E-state index is 13.4. The minimum absolute atomic E-state index is 0.0308. The molecular formula is C25H25N3O6S. The normalized spacial score (nSPS) is 12.9. The first-order chi connectivity index (χ1) is 16.9. The number of nitrogens with zero attached hydrogens (tertiary/aromatic N) is 2. The third-order valence-electron chi connectivity index (χ3n) is 5.25. The Bertz CT molecular complexity index is 1320. The maximum Gasteiger partial charge on any atom is 0.264 e. The van der Waals surface area contributed by atoms with Crippen molar-refractivity contribution in [2.24, 2.45) is 5.10 Å². The molecule has 0 aliphatic carbocycles. The Morgan fingerprint density at radius 1 is 1.06 bits per heavy atom. The van der Waals surface area contributed by atoms with Crippen molar-refractivity contribution < 1.29 is 27.4 Å². The Balaban J connectivity index is 1.55. The minimum Gasteiger partial charge on any atom is -0.497 e. The van der Waals surface area contributed by atoms with Crippen LogP contribution in [0.15, 0.2) is 76.7 Å². The summed E-state index contributed by atoms with van der Waals surface area (Å²) < 4.78 is 44.2. The molecule has 3 aromatic carbocycles. The number of nitrogens with one attached hydrogen (secondary N) is 1. The van der Waals surface area contributed by atoms with Gasteiger partial charge >= 0.3 is 0 Å². The lowest BCUT2D eigenvalue weighted by molar-refractivity contribution is -0.119. The van der Waals surface area contributed by atoms with Crippen LogP contribution in [0.3, 0.4) is 0 Å². The van der Waals surface area contributed by atoms with Gasteiger partial charge in [0, 0.05) is 5.56 Å². The average Bonchev–Trinajstić information content (AvgIpc) is 2.88. The summed E-state index contributed by atoms with van der Waals surface area (Å²) in [5, 5.41) is 3.99. The molecule has 0 radical (unpaired) electrons. The van der Waals surface area contributed by atoms with Gasteiger partial charge in [-0.05, 0) is 55.5 Å². The van der Waals surface area contributed by atoms with Crippen LogP contribution < -0.4 is 23.9 Å². The van der Waals surface area contributed by atoms with Crippen molar-refractivity contribution in [1.82, 2.24) is 5.43 Å². The summed E-state index contributed by atoms with van der Waals surface area (Å²) in [6.07, 6.45) is 1.43. The molecule has 0 fully saturated rings. The SMILES string of the molecule is COc1ccc(S(=O)(=O)N(CC(=O)N/N=C\c2cccc3c2OCCO3)c2ccc(C)cc2)cc1. The van der Waals surface area contributed by atoms with Gasteiger partial charge in [-0.1, -0.05) is 23.8 Å². The summed E-state index contributed by atoms with van der Waals surface area (Å²) in [7, 11) is -2.55. The highest BCUT2D eigenvalue weighted by Crippen LogP contribution is 2.32. The fraction of sp³-hybridized carbons (Fsp3) is 0.200. The predicted molar refractivity (Wildman–Crippen MR) is 132 cm³/mol.